The predicted molar refractivity (Wildman–Crippen MR) is 73.3 cm³/mol. The van der Waals surface area contributed by atoms with Gasteiger partial charge in [-0.1, -0.05) is 24.3 Å². The maximum Gasteiger partial charge on any atom is 0.285 e. The molecule has 2 aromatic rings. The van der Waals surface area contributed by atoms with E-state index in [0.29, 0.717) is 0 Å². The van der Waals surface area contributed by atoms with E-state index in [1.165, 1.54) is 11.8 Å². The second-order valence-electron chi connectivity index (χ2n) is 3.96. The molecule has 0 fully saturated rings. The van der Waals surface area contributed by atoms with Crippen molar-refractivity contribution in [3.05, 3.63) is 36.4 Å². The van der Waals surface area contributed by atoms with Crippen LogP contribution >= 0.6 is 11.8 Å². The lowest BCUT2D eigenvalue weighted by atomic mass is 10.1. The molecule has 0 radical (unpaired) electrons. The number of hydrogen-bond donors (Lipinski definition) is 1. The Balaban J connectivity index is 2.48. The molecule has 2 N–H and O–H groups in total. The number of carbonyl (C=O) groups is 1. The zero-order valence-corrected chi connectivity index (χ0v) is 10.6. The van der Waals surface area contributed by atoms with Crippen molar-refractivity contribution in [2.75, 3.05) is 19.8 Å². The van der Waals surface area contributed by atoms with Crippen molar-refractivity contribution >= 4 is 33.5 Å². The van der Waals surface area contributed by atoms with Gasteiger partial charge in [0.1, 0.15) is 0 Å². The van der Waals surface area contributed by atoms with Gasteiger partial charge in [0.2, 0.25) is 0 Å². The van der Waals surface area contributed by atoms with E-state index in [2.05, 4.69) is 0 Å². The number of amides is 1. The van der Waals surface area contributed by atoms with Crippen molar-refractivity contribution in [1.82, 2.24) is 4.90 Å². The molecule has 0 aromatic heterocycles. The first-order valence-electron chi connectivity index (χ1n) is 5.26. The van der Waals surface area contributed by atoms with Crippen LogP contribution in [-0.2, 0) is 0 Å². The van der Waals surface area contributed by atoms with Crippen molar-refractivity contribution < 1.29 is 4.79 Å². The van der Waals surface area contributed by atoms with Crippen LogP contribution in [-0.4, -0.2) is 24.2 Å². The average Bonchev–Trinajstić information content (AvgIpc) is 2.33. The summed E-state index contributed by atoms with van der Waals surface area (Å²) in [5, 5.41) is 2.02. The van der Waals surface area contributed by atoms with Crippen LogP contribution in [0.5, 0.6) is 0 Å². The number of fused-ring (bicyclic) bond motifs is 1. The van der Waals surface area contributed by atoms with Gasteiger partial charge in [0.05, 0.1) is 0 Å². The van der Waals surface area contributed by atoms with E-state index in [4.69, 9.17) is 5.73 Å². The summed E-state index contributed by atoms with van der Waals surface area (Å²) >= 11 is 1.22. The van der Waals surface area contributed by atoms with Gasteiger partial charge in [-0.15, -0.1) is 0 Å². The second kappa shape index (κ2) is 4.67. The molecule has 0 heterocycles. The molecule has 0 bridgehead atoms. The van der Waals surface area contributed by atoms with Gasteiger partial charge in [-0.05, 0) is 29.3 Å². The number of nitrogens with two attached hydrogens (primary N) is 1. The molecule has 88 valence electrons. The lowest BCUT2D eigenvalue weighted by Crippen LogP contribution is -2.16. The fourth-order valence-electron chi connectivity index (χ4n) is 1.57. The molecule has 0 spiro atoms. The highest BCUT2D eigenvalue weighted by Crippen LogP contribution is 2.32. The summed E-state index contributed by atoms with van der Waals surface area (Å²) in [6.45, 7) is 0. The van der Waals surface area contributed by atoms with E-state index < -0.39 is 0 Å². The fourth-order valence-corrected chi connectivity index (χ4v) is 2.36. The van der Waals surface area contributed by atoms with Gasteiger partial charge in [0, 0.05) is 30.1 Å². The number of carbonyl (C=O) groups excluding carboxylic acids is 1. The minimum atomic E-state index is 0.0138. The van der Waals surface area contributed by atoms with Gasteiger partial charge in [0.15, 0.2) is 0 Å². The molecular weight excluding hydrogens is 232 g/mol. The van der Waals surface area contributed by atoms with Gasteiger partial charge >= 0.3 is 0 Å². The molecule has 0 aliphatic carbocycles. The minimum Gasteiger partial charge on any atom is -0.398 e. The maximum absolute atomic E-state index is 11.7. The van der Waals surface area contributed by atoms with Gasteiger partial charge in [0.25, 0.3) is 5.24 Å². The molecule has 0 aliphatic heterocycles. The standard InChI is InChI=1S/C13H14N2OS/c1-15(2)13(16)17-12-8-7-11(14)9-5-3-4-6-10(9)12/h3-8H,14H2,1-2H3. The zero-order valence-electron chi connectivity index (χ0n) is 9.81. The number of nitrogen functional groups attached to an aromatic ring is 1. The maximum atomic E-state index is 11.7. The Kier molecular flexibility index (Phi) is 3.24. The third-order valence-electron chi connectivity index (χ3n) is 2.48. The Morgan fingerprint density at radius 1 is 1.12 bits per heavy atom. The smallest absolute Gasteiger partial charge is 0.285 e. The van der Waals surface area contributed by atoms with Crippen molar-refractivity contribution in [2.24, 2.45) is 0 Å². The van der Waals surface area contributed by atoms with Crippen molar-refractivity contribution in [1.29, 1.82) is 0 Å². The normalized spacial score (nSPS) is 10.5. The highest BCUT2D eigenvalue weighted by Gasteiger charge is 2.10. The number of benzene rings is 2. The lowest BCUT2D eigenvalue weighted by Gasteiger charge is -2.11. The fraction of sp³-hybridized carbons (Fsp3) is 0.154. The second-order valence-corrected chi connectivity index (χ2v) is 4.95. The van der Waals surface area contributed by atoms with E-state index in [1.807, 2.05) is 36.4 Å². The van der Waals surface area contributed by atoms with Crippen molar-refractivity contribution in [3.63, 3.8) is 0 Å². The van der Waals surface area contributed by atoms with Crippen LogP contribution < -0.4 is 5.73 Å². The topological polar surface area (TPSA) is 46.3 Å². The number of thioether (sulfide) groups is 1. The number of nitrogens with zero attached hydrogens (tertiary/aromatic N) is 1. The number of anilines is 1. The van der Waals surface area contributed by atoms with E-state index in [1.54, 1.807) is 19.0 Å². The molecule has 3 nitrogen and oxygen atoms in total. The van der Waals surface area contributed by atoms with Gasteiger partial charge in [-0.2, -0.15) is 0 Å². The predicted octanol–water partition coefficient (Wildman–Crippen LogP) is 3.20. The van der Waals surface area contributed by atoms with Crippen LogP contribution in [0.3, 0.4) is 0 Å². The Labute approximate surface area is 105 Å². The van der Waals surface area contributed by atoms with E-state index in [-0.39, 0.29) is 5.24 Å². The third-order valence-corrected chi connectivity index (χ3v) is 3.60. The Morgan fingerprint density at radius 3 is 2.41 bits per heavy atom. The molecule has 0 aliphatic rings. The van der Waals surface area contributed by atoms with Crippen LogP contribution in [0.25, 0.3) is 10.8 Å². The lowest BCUT2D eigenvalue weighted by molar-refractivity contribution is 0.241. The van der Waals surface area contributed by atoms with E-state index in [0.717, 1.165) is 21.4 Å². The first-order chi connectivity index (χ1) is 8.09. The Bertz CT molecular complexity index is 566. The molecule has 17 heavy (non-hydrogen) atoms. The average molecular weight is 246 g/mol. The van der Waals surface area contributed by atoms with Crippen LogP contribution in [0.15, 0.2) is 41.3 Å². The molecule has 0 saturated heterocycles. The van der Waals surface area contributed by atoms with Crippen LogP contribution in [0.2, 0.25) is 0 Å². The summed E-state index contributed by atoms with van der Waals surface area (Å²) in [6.07, 6.45) is 0. The van der Waals surface area contributed by atoms with Crippen LogP contribution in [0.1, 0.15) is 0 Å². The summed E-state index contributed by atoms with van der Waals surface area (Å²) in [5.41, 5.74) is 6.65. The quantitative estimate of drug-likeness (QED) is 0.621. The van der Waals surface area contributed by atoms with E-state index >= 15 is 0 Å². The number of hydrogen-bond acceptors (Lipinski definition) is 3. The SMILES string of the molecule is CN(C)C(=O)Sc1ccc(N)c2ccccc12. The zero-order chi connectivity index (χ0) is 12.4. The number of rotatable bonds is 1. The monoisotopic (exact) mass is 246 g/mol. The first-order valence-corrected chi connectivity index (χ1v) is 6.07. The first kappa shape index (κ1) is 11.8. The Morgan fingerprint density at radius 2 is 1.76 bits per heavy atom. The molecule has 1 amide bonds. The van der Waals surface area contributed by atoms with Crippen molar-refractivity contribution in [2.45, 2.75) is 4.90 Å². The summed E-state index contributed by atoms with van der Waals surface area (Å²) in [5.74, 6) is 0. The molecule has 0 atom stereocenters. The summed E-state index contributed by atoms with van der Waals surface area (Å²) in [4.78, 5) is 14.2. The van der Waals surface area contributed by atoms with Crippen LogP contribution in [0.4, 0.5) is 10.5 Å². The molecule has 2 aromatic carbocycles. The molecule has 2 rings (SSSR count). The summed E-state index contributed by atoms with van der Waals surface area (Å²) < 4.78 is 0. The summed E-state index contributed by atoms with van der Waals surface area (Å²) in [7, 11) is 3.49. The van der Waals surface area contributed by atoms with Gasteiger partial charge < -0.3 is 10.6 Å². The van der Waals surface area contributed by atoms with Gasteiger partial charge in [-0.3, -0.25) is 4.79 Å². The third kappa shape index (κ3) is 2.36. The minimum absolute atomic E-state index is 0.0138. The summed E-state index contributed by atoms with van der Waals surface area (Å²) in [6, 6.07) is 11.6. The van der Waals surface area contributed by atoms with Crippen LogP contribution in [0, 0.1) is 0 Å². The highest BCUT2D eigenvalue weighted by atomic mass is 32.2. The highest BCUT2D eigenvalue weighted by molar-refractivity contribution is 8.13. The van der Waals surface area contributed by atoms with E-state index in [9.17, 15) is 4.79 Å². The molecular formula is C13H14N2OS. The Hall–Kier alpha value is -1.68. The molecule has 0 unspecified atom stereocenters. The molecule has 0 saturated carbocycles. The van der Waals surface area contributed by atoms with Crippen molar-refractivity contribution in [3.8, 4) is 0 Å². The largest absolute Gasteiger partial charge is 0.398 e. The molecule has 4 heteroatoms. The van der Waals surface area contributed by atoms with Gasteiger partial charge in [-0.25, -0.2) is 0 Å².